The molecule has 0 N–H and O–H groups in total. The summed E-state index contributed by atoms with van der Waals surface area (Å²) in [6.07, 6.45) is 5.26. The Morgan fingerprint density at radius 2 is 1.68 bits per heavy atom. The molecule has 2 heterocycles. The van der Waals surface area contributed by atoms with Gasteiger partial charge < -0.3 is 9.80 Å². The van der Waals surface area contributed by atoms with Gasteiger partial charge in [0.05, 0.1) is 0 Å². The Bertz CT molecular complexity index is 393. The number of aryl methyl sites for hydroxylation is 1. The van der Waals surface area contributed by atoms with E-state index >= 15 is 0 Å². The highest BCUT2D eigenvalue weighted by molar-refractivity contribution is 5.46. The summed E-state index contributed by atoms with van der Waals surface area (Å²) in [5, 5.41) is 0. The Labute approximate surface area is 116 Å². The first kappa shape index (κ1) is 14.1. The molecule has 1 aliphatic heterocycles. The predicted octanol–water partition coefficient (Wildman–Crippen LogP) is 3.01. The van der Waals surface area contributed by atoms with Crippen LogP contribution in [0.25, 0.3) is 0 Å². The van der Waals surface area contributed by atoms with E-state index in [-0.39, 0.29) is 0 Å². The molecule has 4 heteroatoms. The van der Waals surface area contributed by atoms with Gasteiger partial charge in [0.2, 0.25) is 5.95 Å². The van der Waals surface area contributed by atoms with Crippen LogP contribution in [0.3, 0.4) is 0 Å². The lowest BCUT2D eigenvalue weighted by molar-refractivity contribution is 0.726. The molecule has 4 nitrogen and oxygen atoms in total. The first-order chi connectivity index (χ1) is 9.24. The molecule has 0 spiro atoms. The van der Waals surface area contributed by atoms with Crippen LogP contribution in [-0.4, -0.2) is 36.1 Å². The highest BCUT2D eigenvalue weighted by atomic mass is 15.3. The molecule has 0 aliphatic carbocycles. The number of hydrogen-bond donors (Lipinski definition) is 0. The second kappa shape index (κ2) is 6.73. The van der Waals surface area contributed by atoms with Crippen LogP contribution >= 0.6 is 0 Å². The van der Waals surface area contributed by atoms with Crippen LogP contribution in [0.15, 0.2) is 6.07 Å². The largest absolute Gasteiger partial charge is 0.356 e. The average Bonchev–Trinajstić information content (AvgIpc) is 2.68. The quantitative estimate of drug-likeness (QED) is 0.835. The van der Waals surface area contributed by atoms with Crippen molar-refractivity contribution in [2.24, 2.45) is 0 Å². The van der Waals surface area contributed by atoms with Gasteiger partial charge in [0.15, 0.2) is 0 Å². The summed E-state index contributed by atoms with van der Waals surface area (Å²) in [5.74, 6) is 1.99. The average molecular weight is 262 g/mol. The highest BCUT2D eigenvalue weighted by Crippen LogP contribution is 2.20. The second-order valence-corrected chi connectivity index (χ2v) is 5.24. The Kier molecular flexibility index (Phi) is 5.00. The number of rotatable bonds is 4. The van der Waals surface area contributed by atoms with Crippen molar-refractivity contribution in [3.05, 3.63) is 11.8 Å². The van der Waals surface area contributed by atoms with Crippen molar-refractivity contribution in [2.45, 2.75) is 46.5 Å². The molecule has 0 radical (unpaired) electrons. The van der Waals surface area contributed by atoms with Gasteiger partial charge in [0, 0.05) is 37.9 Å². The van der Waals surface area contributed by atoms with E-state index in [0.29, 0.717) is 0 Å². The molecule has 0 amide bonds. The van der Waals surface area contributed by atoms with E-state index in [1.54, 1.807) is 0 Å². The monoisotopic (exact) mass is 262 g/mol. The summed E-state index contributed by atoms with van der Waals surface area (Å²) < 4.78 is 0. The zero-order valence-corrected chi connectivity index (χ0v) is 12.5. The third-order valence-electron chi connectivity index (χ3n) is 3.81. The van der Waals surface area contributed by atoms with Gasteiger partial charge in [-0.1, -0.05) is 12.8 Å². The van der Waals surface area contributed by atoms with Gasteiger partial charge >= 0.3 is 0 Å². The molecule has 0 atom stereocenters. The van der Waals surface area contributed by atoms with Crippen molar-refractivity contribution in [1.82, 2.24) is 9.97 Å². The standard InChI is InChI=1S/C15H26N4/c1-4-18(5-2)15-16-13(3)12-14(17-15)19-10-8-6-7-9-11-19/h12H,4-11H2,1-3H3. The van der Waals surface area contributed by atoms with Crippen LogP contribution < -0.4 is 9.80 Å². The van der Waals surface area contributed by atoms with Crippen molar-refractivity contribution < 1.29 is 0 Å². The third kappa shape index (κ3) is 3.58. The van der Waals surface area contributed by atoms with E-state index in [2.05, 4.69) is 41.6 Å². The molecular formula is C15H26N4. The predicted molar refractivity (Wildman–Crippen MR) is 81.0 cm³/mol. The minimum absolute atomic E-state index is 0.879. The molecule has 19 heavy (non-hydrogen) atoms. The van der Waals surface area contributed by atoms with E-state index in [1.807, 2.05) is 0 Å². The lowest BCUT2D eigenvalue weighted by atomic mass is 10.2. The summed E-state index contributed by atoms with van der Waals surface area (Å²) in [5.41, 5.74) is 1.07. The molecule has 0 aromatic carbocycles. The van der Waals surface area contributed by atoms with Crippen molar-refractivity contribution in [3.8, 4) is 0 Å². The lowest BCUT2D eigenvalue weighted by Crippen LogP contribution is -2.28. The Balaban J connectivity index is 2.24. The first-order valence-corrected chi connectivity index (χ1v) is 7.60. The van der Waals surface area contributed by atoms with Gasteiger partial charge in [0.25, 0.3) is 0 Å². The smallest absolute Gasteiger partial charge is 0.227 e. The maximum absolute atomic E-state index is 4.78. The van der Waals surface area contributed by atoms with Gasteiger partial charge in [-0.3, -0.25) is 0 Å². The number of nitrogens with zero attached hydrogens (tertiary/aromatic N) is 4. The van der Waals surface area contributed by atoms with Gasteiger partial charge in [-0.2, -0.15) is 4.98 Å². The van der Waals surface area contributed by atoms with Crippen LogP contribution in [0.5, 0.6) is 0 Å². The Morgan fingerprint density at radius 1 is 1.05 bits per heavy atom. The summed E-state index contributed by atoms with van der Waals surface area (Å²) in [4.78, 5) is 14.0. The minimum atomic E-state index is 0.879. The molecule has 1 saturated heterocycles. The van der Waals surface area contributed by atoms with Crippen LogP contribution in [-0.2, 0) is 0 Å². The molecule has 1 aromatic heterocycles. The topological polar surface area (TPSA) is 32.3 Å². The molecule has 1 aromatic rings. The normalized spacial score (nSPS) is 16.3. The molecule has 106 valence electrons. The molecule has 2 rings (SSSR count). The van der Waals surface area contributed by atoms with Crippen LogP contribution in [0.4, 0.5) is 11.8 Å². The van der Waals surface area contributed by atoms with Gasteiger partial charge in [-0.05, 0) is 33.6 Å². The Morgan fingerprint density at radius 3 is 2.26 bits per heavy atom. The third-order valence-corrected chi connectivity index (χ3v) is 3.81. The number of aromatic nitrogens is 2. The van der Waals surface area contributed by atoms with Crippen molar-refractivity contribution in [1.29, 1.82) is 0 Å². The molecule has 1 fully saturated rings. The zero-order valence-electron chi connectivity index (χ0n) is 12.5. The Hall–Kier alpha value is -1.32. The fraction of sp³-hybridized carbons (Fsp3) is 0.733. The molecule has 0 bridgehead atoms. The lowest BCUT2D eigenvalue weighted by Gasteiger charge is -2.25. The fourth-order valence-corrected chi connectivity index (χ4v) is 2.65. The van der Waals surface area contributed by atoms with Crippen LogP contribution in [0, 0.1) is 6.92 Å². The van der Waals surface area contributed by atoms with Crippen LogP contribution in [0.1, 0.15) is 45.2 Å². The summed E-state index contributed by atoms with van der Waals surface area (Å²) in [6.45, 7) is 10.6. The van der Waals surface area contributed by atoms with E-state index in [4.69, 9.17) is 4.98 Å². The van der Waals surface area contributed by atoms with E-state index in [1.165, 1.54) is 25.7 Å². The van der Waals surface area contributed by atoms with Gasteiger partial charge in [-0.15, -0.1) is 0 Å². The second-order valence-electron chi connectivity index (χ2n) is 5.24. The van der Waals surface area contributed by atoms with Crippen LogP contribution in [0.2, 0.25) is 0 Å². The highest BCUT2D eigenvalue weighted by Gasteiger charge is 2.14. The maximum atomic E-state index is 4.78. The summed E-state index contributed by atoms with van der Waals surface area (Å²) >= 11 is 0. The minimum Gasteiger partial charge on any atom is -0.356 e. The van der Waals surface area contributed by atoms with Gasteiger partial charge in [0.1, 0.15) is 5.82 Å². The molecule has 1 aliphatic rings. The van der Waals surface area contributed by atoms with Gasteiger partial charge in [-0.25, -0.2) is 4.98 Å². The van der Waals surface area contributed by atoms with Crippen molar-refractivity contribution in [3.63, 3.8) is 0 Å². The van der Waals surface area contributed by atoms with E-state index in [0.717, 1.165) is 43.6 Å². The van der Waals surface area contributed by atoms with E-state index < -0.39 is 0 Å². The molecule has 0 saturated carbocycles. The van der Waals surface area contributed by atoms with E-state index in [9.17, 15) is 0 Å². The molecular weight excluding hydrogens is 236 g/mol. The summed E-state index contributed by atoms with van der Waals surface area (Å²) in [7, 11) is 0. The van der Waals surface area contributed by atoms with Crippen molar-refractivity contribution >= 4 is 11.8 Å². The number of hydrogen-bond acceptors (Lipinski definition) is 4. The fourth-order valence-electron chi connectivity index (χ4n) is 2.65. The molecule has 0 unspecified atom stereocenters. The van der Waals surface area contributed by atoms with Crippen molar-refractivity contribution in [2.75, 3.05) is 36.0 Å². The first-order valence-electron chi connectivity index (χ1n) is 7.60. The maximum Gasteiger partial charge on any atom is 0.227 e. The summed E-state index contributed by atoms with van der Waals surface area (Å²) in [6, 6.07) is 2.12. The zero-order chi connectivity index (χ0) is 13.7. The number of anilines is 2. The SMILES string of the molecule is CCN(CC)c1nc(C)cc(N2CCCCCC2)n1.